The zero-order valence-electron chi connectivity index (χ0n) is 10.9. The van der Waals surface area contributed by atoms with Crippen molar-refractivity contribution in [3.05, 3.63) is 29.8 Å². The van der Waals surface area contributed by atoms with Gasteiger partial charge in [0.2, 0.25) is 0 Å². The molecule has 0 aromatic heterocycles. The molecule has 2 rings (SSSR count). The van der Waals surface area contributed by atoms with Gasteiger partial charge in [-0.1, -0.05) is 19.3 Å². The molecule has 0 aliphatic heterocycles. The largest absolute Gasteiger partial charge is 0.482 e. The van der Waals surface area contributed by atoms with Gasteiger partial charge in [-0.2, -0.15) is 0 Å². The van der Waals surface area contributed by atoms with E-state index in [1.807, 2.05) is 18.3 Å². The number of hydrogen-bond donors (Lipinski definition) is 1. The third-order valence-electron chi connectivity index (χ3n) is 3.25. The molecule has 0 saturated heterocycles. The zero-order valence-corrected chi connectivity index (χ0v) is 10.9. The van der Waals surface area contributed by atoms with Crippen LogP contribution in [0, 0.1) is 0 Å². The zero-order chi connectivity index (χ0) is 13.5. The number of benzene rings is 1. The molecular formula is C15H19NO3. The van der Waals surface area contributed by atoms with Crippen LogP contribution in [0.2, 0.25) is 0 Å². The lowest BCUT2D eigenvalue weighted by atomic mass is 9.96. The van der Waals surface area contributed by atoms with Gasteiger partial charge in [0.05, 0.1) is 0 Å². The van der Waals surface area contributed by atoms with E-state index in [4.69, 9.17) is 9.84 Å². The van der Waals surface area contributed by atoms with E-state index in [0.29, 0.717) is 11.8 Å². The van der Waals surface area contributed by atoms with E-state index in [1.165, 1.54) is 32.1 Å². The van der Waals surface area contributed by atoms with Crippen molar-refractivity contribution >= 4 is 12.2 Å². The number of aliphatic carboxylic acids is 1. The van der Waals surface area contributed by atoms with Gasteiger partial charge in [-0.3, -0.25) is 4.99 Å². The van der Waals surface area contributed by atoms with Crippen LogP contribution < -0.4 is 4.74 Å². The fraction of sp³-hybridized carbons (Fsp3) is 0.467. The summed E-state index contributed by atoms with van der Waals surface area (Å²) in [6, 6.07) is 7.79. The summed E-state index contributed by atoms with van der Waals surface area (Å²) in [5.41, 5.74) is 1.02. The number of rotatable bonds is 5. The summed E-state index contributed by atoms with van der Waals surface area (Å²) in [7, 11) is 0. The van der Waals surface area contributed by atoms with Crippen LogP contribution in [0.1, 0.15) is 37.7 Å². The first-order valence-corrected chi connectivity index (χ1v) is 6.72. The van der Waals surface area contributed by atoms with E-state index < -0.39 is 5.97 Å². The van der Waals surface area contributed by atoms with E-state index in [9.17, 15) is 4.79 Å². The van der Waals surface area contributed by atoms with Gasteiger partial charge >= 0.3 is 5.97 Å². The molecule has 0 atom stereocenters. The molecule has 0 heterocycles. The minimum Gasteiger partial charge on any atom is -0.482 e. The molecule has 4 heteroatoms. The summed E-state index contributed by atoms with van der Waals surface area (Å²) in [4.78, 5) is 15.0. The van der Waals surface area contributed by atoms with Crippen molar-refractivity contribution in [1.82, 2.24) is 0 Å². The van der Waals surface area contributed by atoms with Crippen LogP contribution in [0.25, 0.3) is 0 Å². The first-order valence-electron chi connectivity index (χ1n) is 6.72. The van der Waals surface area contributed by atoms with Crippen LogP contribution in [0.5, 0.6) is 5.75 Å². The SMILES string of the molecule is O=C(O)COc1ccc(C=NC2CCCCC2)cc1. The predicted molar refractivity (Wildman–Crippen MR) is 74.0 cm³/mol. The number of carboxylic acids is 1. The molecule has 1 saturated carbocycles. The molecule has 0 spiro atoms. The van der Waals surface area contributed by atoms with Crippen molar-refractivity contribution in [1.29, 1.82) is 0 Å². The van der Waals surface area contributed by atoms with Crippen LogP contribution in [-0.2, 0) is 4.79 Å². The maximum atomic E-state index is 10.4. The maximum Gasteiger partial charge on any atom is 0.341 e. The van der Waals surface area contributed by atoms with E-state index in [-0.39, 0.29) is 6.61 Å². The highest BCUT2D eigenvalue weighted by molar-refractivity contribution is 5.79. The molecule has 1 aliphatic carbocycles. The Kier molecular flexibility index (Phi) is 4.95. The number of carboxylic acid groups (broad SMARTS) is 1. The first-order chi connectivity index (χ1) is 9.24. The Morgan fingerprint density at radius 3 is 2.58 bits per heavy atom. The Labute approximate surface area is 113 Å². The van der Waals surface area contributed by atoms with Gasteiger partial charge < -0.3 is 9.84 Å². The lowest BCUT2D eigenvalue weighted by Gasteiger charge is -2.17. The Morgan fingerprint density at radius 2 is 1.95 bits per heavy atom. The van der Waals surface area contributed by atoms with Gasteiger partial charge in [0.1, 0.15) is 5.75 Å². The first kappa shape index (κ1) is 13.6. The highest BCUT2D eigenvalue weighted by Crippen LogP contribution is 2.20. The minimum atomic E-state index is -0.970. The Balaban J connectivity index is 1.87. The fourth-order valence-corrected chi connectivity index (χ4v) is 2.22. The van der Waals surface area contributed by atoms with Crippen LogP contribution in [0.4, 0.5) is 0 Å². The van der Waals surface area contributed by atoms with Gasteiger partial charge in [0, 0.05) is 12.3 Å². The Morgan fingerprint density at radius 1 is 1.26 bits per heavy atom. The number of hydrogen-bond acceptors (Lipinski definition) is 3. The highest BCUT2D eigenvalue weighted by atomic mass is 16.5. The standard InChI is InChI=1S/C15H19NO3/c17-15(18)11-19-14-8-6-12(7-9-14)10-16-13-4-2-1-3-5-13/h6-10,13H,1-5,11H2,(H,17,18). The molecule has 1 fully saturated rings. The number of nitrogens with zero attached hydrogens (tertiary/aromatic N) is 1. The molecule has 1 aromatic rings. The third kappa shape index (κ3) is 4.73. The number of carbonyl (C=O) groups is 1. The molecule has 0 radical (unpaired) electrons. The molecule has 0 amide bonds. The molecule has 4 nitrogen and oxygen atoms in total. The van der Waals surface area contributed by atoms with Gasteiger partial charge in [0.15, 0.2) is 6.61 Å². The van der Waals surface area contributed by atoms with Crippen LogP contribution >= 0.6 is 0 Å². The molecule has 1 aromatic carbocycles. The van der Waals surface area contributed by atoms with Crippen molar-refractivity contribution < 1.29 is 14.6 Å². The summed E-state index contributed by atoms with van der Waals surface area (Å²) in [6.07, 6.45) is 8.18. The smallest absolute Gasteiger partial charge is 0.341 e. The monoisotopic (exact) mass is 261 g/mol. The normalized spacial score (nSPS) is 16.6. The summed E-state index contributed by atoms with van der Waals surface area (Å²) < 4.78 is 5.07. The minimum absolute atomic E-state index is 0.310. The molecule has 19 heavy (non-hydrogen) atoms. The number of aliphatic imine (C=N–C) groups is 1. The van der Waals surface area contributed by atoms with Gasteiger partial charge in [-0.15, -0.1) is 0 Å². The molecule has 1 N–H and O–H groups in total. The van der Waals surface area contributed by atoms with Crippen molar-refractivity contribution in [2.75, 3.05) is 6.61 Å². The van der Waals surface area contributed by atoms with E-state index in [2.05, 4.69) is 4.99 Å². The summed E-state index contributed by atoms with van der Waals surface area (Å²) in [5.74, 6) is -0.403. The average Bonchev–Trinajstić information content (AvgIpc) is 2.45. The Bertz CT molecular complexity index is 433. The van der Waals surface area contributed by atoms with Gasteiger partial charge in [0.25, 0.3) is 0 Å². The highest BCUT2D eigenvalue weighted by Gasteiger charge is 2.10. The van der Waals surface area contributed by atoms with Crippen molar-refractivity contribution in [2.24, 2.45) is 4.99 Å². The van der Waals surface area contributed by atoms with Crippen LogP contribution in [0.3, 0.4) is 0 Å². The predicted octanol–water partition coefficient (Wildman–Crippen LogP) is 2.90. The fourth-order valence-electron chi connectivity index (χ4n) is 2.22. The van der Waals surface area contributed by atoms with Gasteiger partial charge in [-0.25, -0.2) is 4.79 Å². The van der Waals surface area contributed by atoms with Crippen LogP contribution in [0.15, 0.2) is 29.3 Å². The average molecular weight is 261 g/mol. The molecule has 0 bridgehead atoms. The second-order valence-corrected chi connectivity index (χ2v) is 4.82. The van der Waals surface area contributed by atoms with Crippen LogP contribution in [-0.4, -0.2) is 29.9 Å². The summed E-state index contributed by atoms with van der Waals surface area (Å²) in [6.45, 7) is -0.310. The number of ether oxygens (including phenoxy) is 1. The van der Waals surface area contributed by atoms with E-state index in [1.54, 1.807) is 12.1 Å². The molecule has 1 aliphatic rings. The van der Waals surface area contributed by atoms with Crippen molar-refractivity contribution in [3.63, 3.8) is 0 Å². The second-order valence-electron chi connectivity index (χ2n) is 4.82. The van der Waals surface area contributed by atoms with E-state index >= 15 is 0 Å². The molecular weight excluding hydrogens is 242 g/mol. The quantitative estimate of drug-likeness (QED) is 0.829. The topological polar surface area (TPSA) is 58.9 Å². The van der Waals surface area contributed by atoms with Crippen molar-refractivity contribution in [2.45, 2.75) is 38.1 Å². The second kappa shape index (κ2) is 6.92. The molecule has 0 unspecified atom stereocenters. The molecule has 102 valence electrons. The maximum absolute atomic E-state index is 10.4. The lowest BCUT2D eigenvalue weighted by Crippen LogP contribution is -2.10. The van der Waals surface area contributed by atoms with Crippen molar-refractivity contribution in [3.8, 4) is 5.75 Å². The van der Waals surface area contributed by atoms with E-state index in [0.717, 1.165) is 5.56 Å². The Hall–Kier alpha value is -1.84. The third-order valence-corrected chi connectivity index (χ3v) is 3.25. The summed E-state index contributed by atoms with van der Waals surface area (Å²) in [5, 5.41) is 8.51. The van der Waals surface area contributed by atoms with Gasteiger partial charge in [-0.05, 0) is 42.7 Å². The lowest BCUT2D eigenvalue weighted by molar-refractivity contribution is -0.139. The summed E-state index contributed by atoms with van der Waals surface area (Å²) >= 11 is 0.